The molecule has 0 spiro atoms. The minimum absolute atomic E-state index is 0.0780. The molecule has 0 amide bonds. The van der Waals surface area contributed by atoms with Crippen molar-refractivity contribution < 1.29 is 14.4 Å². The Morgan fingerprint density at radius 1 is 1.26 bits per heavy atom. The topological polar surface area (TPSA) is 105 Å². The van der Waals surface area contributed by atoms with Crippen LogP contribution in [0.25, 0.3) is 0 Å². The molecular formula is C22H23Cl2N5O4S. The van der Waals surface area contributed by atoms with Crippen LogP contribution in [-0.2, 0) is 12.2 Å². The van der Waals surface area contributed by atoms with E-state index < -0.39 is 4.92 Å². The number of nitro benzene ring substituents is 1. The maximum atomic E-state index is 11.7. The fourth-order valence-corrected chi connectivity index (χ4v) is 4.42. The van der Waals surface area contributed by atoms with E-state index in [0.29, 0.717) is 38.8 Å². The van der Waals surface area contributed by atoms with E-state index in [-0.39, 0.29) is 23.3 Å². The molecule has 0 fully saturated rings. The Kier molecular flexibility index (Phi) is 8.76. The van der Waals surface area contributed by atoms with E-state index in [1.54, 1.807) is 36.7 Å². The van der Waals surface area contributed by atoms with Crippen LogP contribution in [0.2, 0.25) is 10.0 Å². The van der Waals surface area contributed by atoms with E-state index in [2.05, 4.69) is 15.3 Å². The Morgan fingerprint density at radius 3 is 2.65 bits per heavy atom. The normalized spacial score (nSPS) is 11.4. The molecular weight excluding hydrogens is 501 g/mol. The first-order chi connectivity index (χ1) is 16.2. The summed E-state index contributed by atoms with van der Waals surface area (Å²) in [4.78, 5) is 11.1. The van der Waals surface area contributed by atoms with Gasteiger partial charge in [0.05, 0.1) is 24.4 Å². The minimum Gasteiger partial charge on any atom is -0.493 e. The number of thioether (sulfide) groups is 1. The summed E-state index contributed by atoms with van der Waals surface area (Å²) in [6, 6.07) is 8.34. The molecule has 0 saturated heterocycles. The van der Waals surface area contributed by atoms with Crippen molar-refractivity contribution in [1.82, 2.24) is 14.9 Å². The number of halogens is 2. The molecule has 3 aromatic rings. The molecule has 1 aromatic heterocycles. The number of nitrogens with zero attached hydrogens (tertiary/aromatic N) is 5. The maximum Gasteiger partial charge on any atom is 0.315 e. The summed E-state index contributed by atoms with van der Waals surface area (Å²) in [6.07, 6.45) is 1.83. The molecule has 0 N–H and O–H groups in total. The zero-order valence-electron chi connectivity index (χ0n) is 19.0. The van der Waals surface area contributed by atoms with Crippen LogP contribution in [0.1, 0.15) is 37.7 Å². The summed E-state index contributed by atoms with van der Waals surface area (Å²) in [5.74, 6) is 1.50. The number of nitro groups is 1. The van der Waals surface area contributed by atoms with Gasteiger partial charge < -0.3 is 9.47 Å². The molecule has 180 valence electrons. The number of hydrogen-bond acceptors (Lipinski definition) is 8. The highest BCUT2D eigenvalue weighted by Gasteiger charge is 2.23. The average Bonchev–Trinajstić information content (AvgIpc) is 3.18. The van der Waals surface area contributed by atoms with Crippen molar-refractivity contribution in [3.05, 3.63) is 67.4 Å². The summed E-state index contributed by atoms with van der Waals surface area (Å²) in [6.45, 7) is 5.51. The molecule has 0 bridgehead atoms. The highest BCUT2D eigenvalue weighted by Crippen LogP contribution is 2.38. The predicted octanol–water partition coefficient (Wildman–Crippen LogP) is 6.03. The second kappa shape index (κ2) is 11.5. The monoisotopic (exact) mass is 523 g/mol. The van der Waals surface area contributed by atoms with E-state index in [1.807, 2.05) is 13.0 Å². The molecule has 0 unspecified atom stereocenters. The van der Waals surface area contributed by atoms with Crippen molar-refractivity contribution in [3.8, 4) is 11.5 Å². The van der Waals surface area contributed by atoms with Gasteiger partial charge in [0.25, 0.3) is 0 Å². The standard InChI is InChI=1S/C22H23Cl2N5O4S/c1-5-20-26-27-22(34-12-15-6-7-16(23)10-17(15)24)28(20)25-11-14-8-18(29(30)31)21(33-13(2)3)19(9-14)32-4/h6-11,13H,5,12H2,1-4H3/b25-11-. The van der Waals surface area contributed by atoms with Crippen LogP contribution in [0.15, 0.2) is 40.6 Å². The van der Waals surface area contributed by atoms with Gasteiger partial charge in [-0.05, 0) is 37.6 Å². The largest absolute Gasteiger partial charge is 0.493 e. The van der Waals surface area contributed by atoms with Gasteiger partial charge in [0.1, 0.15) is 0 Å². The Hall–Kier alpha value is -2.82. The van der Waals surface area contributed by atoms with E-state index in [0.717, 1.165) is 5.56 Å². The Balaban J connectivity index is 1.92. The average molecular weight is 524 g/mol. The van der Waals surface area contributed by atoms with E-state index >= 15 is 0 Å². The van der Waals surface area contributed by atoms with Gasteiger partial charge in [-0.25, -0.2) is 0 Å². The van der Waals surface area contributed by atoms with Crippen LogP contribution in [0.3, 0.4) is 0 Å². The van der Waals surface area contributed by atoms with Crippen molar-refractivity contribution in [3.63, 3.8) is 0 Å². The lowest BCUT2D eigenvalue weighted by molar-refractivity contribution is -0.386. The number of ether oxygens (including phenoxy) is 2. The van der Waals surface area contributed by atoms with Gasteiger partial charge in [-0.1, -0.05) is 48.0 Å². The maximum absolute atomic E-state index is 11.7. The molecule has 0 radical (unpaired) electrons. The number of methoxy groups -OCH3 is 1. The number of rotatable bonds is 10. The second-order valence-corrected chi connectivity index (χ2v) is 9.11. The third-order valence-electron chi connectivity index (χ3n) is 4.51. The van der Waals surface area contributed by atoms with Gasteiger partial charge in [-0.3, -0.25) is 10.1 Å². The lowest BCUT2D eigenvalue weighted by atomic mass is 10.2. The van der Waals surface area contributed by atoms with Crippen LogP contribution < -0.4 is 9.47 Å². The van der Waals surface area contributed by atoms with Crippen LogP contribution in [0.5, 0.6) is 11.5 Å². The fourth-order valence-electron chi connectivity index (χ4n) is 2.95. The van der Waals surface area contributed by atoms with E-state index in [4.69, 9.17) is 32.7 Å². The zero-order chi connectivity index (χ0) is 24.8. The third kappa shape index (κ3) is 6.19. The summed E-state index contributed by atoms with van der Waals surface area (Å²) in [7, 11) is 1.43. The summed E-state index contributed by atoms with van der Waals surface area (Å²) in [5.41, 5.74) is 1.15. The van der Waals surface area contributed by atoms with Gasteiger partial charge in [-0.2, -0.15) is 9.78 Å². The molecule has 3 rings (SSSR count). The number of aromatic nitrogens is 3. The molecule has 12 heteroatoms. The van der Waals surface area contributed by atoms with Crippen LogP contribution in [0.4, 0.5) is 5.69 Å². The van der Waals surface area contributed by atoms with Crippen LogP contribution >= 0.6 is 35.0 Å². The van der Waals surface area contributed by atoms with Gasteiger partial charge in [0, 0.05) is 33.8 Å². The van der Waals surface area contributed by atoms with Crippen molar-refractivity contribution in [1.29, 1.82) is 0 Å². The van der Waals surface area contributed by atoms with Gasteiger partial charge in [0.15, 0.2) is 11.6 Å². The zero-order valence-corrected chi connectivity index (χ0v) is 21.3. The van der Waals surface area contributed by atoms with Crippen molar-refractivity contribution >= 4 is 46.9 Å². The second-order valence-electron chi connectivity index (χ2n) is 7.33. The van der Waals surface area contributed by atoms with E-state index in [9.17, 15) is 10.1 Å². The first-order valence-corrected chi connectivity index (χ1v) is 12.1. The molecule has 0 aliphatic rings. The van der Waals surface area contributed by atoms with Gasteiger partial charge in [-0.15, -0.1) is 10.2 Å². The minimum atomic E-state index is -0.509. The lowest BCUT2D eigenvalue weighted by Gasteiger charge is -2.14. The van der Waals surface area contributed by atoms with Crippen molar-refractivity contribution in [2.75, 3.05) is 7.11 Å². The van der Waals surface area contributed by atoms with Crippen LogP contribution in [-0.4, -0.2) is 39.2 Å². The molecule has 0 atom stereocenters. The fraction of sp³-hybridized carbons (Fsp3) is 0.318. The SMILES string of the molecule is CCc1nnc(SCc2ccc(Cl)cc2Cl)n1/N=C\c1cc(OC)c(OC(C)C)c([N+](=O)[O-])c1. The van der Waals surface area contributed by atoms with Crippen LogP contribution in [0, 0.1) is 10.1 Å². The van der Waals surface area contributed by atoms with Gasteiger partial charge >= 0.3 is 5.69 Å². The molecule has 0 aliphatic carbocycles. The Bertz CT molecular complexity index is 1220. The molecule has 0 saturated carbocycles. The molecule has 2 aromatic carbocycles. The highest BCUT2D eigenvalue weighted by atomic mass is 35.5. The Labute approximate surface area is 211 Å². The third-order valence-corrected chi connectivity index (χ3v) is 6.07. The first-order valence-electron chi connectivity index (χ1n) is 10.3. The molecule has 0 aliphatic heterocycles. The lowest BCUT2D eigenvalue weighted by Crippen LogP contribution is -2.09. The molecule has 34 heavy (non-hydrogen) atoms. The predicted molar refractivity (Wildman–Crippen MR) is 134 cm³/mol. The molecule has 9 nitrogen and oxygen atoms in total. The summed E-state index contributed by atoms with van der Waals surface area (Å²) < 4.78 is 12.6. The Morgan fingerprint density at radius 2 is 2.03 bits per heavy atom. The summed E-state index contributed by atoms with van der Waals surface area (Å²) >= 11 is 13.7. The summed E-state index contributed by atoms with van der Waals surface area (Å²) in [5, 5.41) is 26.3. The number of hydrogen-bond donors (Lipinski definition) is 0. The smallest absolute Gasteiger partial charge is 0.315 e. The van der Waals surface area contributed by atoms with E-state index in [1.165, 1.54) is 31.2 Å². The first kappa shape index (κ1) is 25.8. The quantitative estimate of drug-likeness (QED) is 0.138. The highest BCUT2D eigenvalue weighted by molar-refractivity contribution is 7.98. The van der Waals surface area contributed by atoms with Crippen molar-refractivity contribution in [2.45, 2.75) is 44.2 Å². The van der Waals surface area contributed by atoms with Gasteiger partial charge in [0.2, 0.25) is 10.9 Å². The molecule has 1 heterocycles. The number of benzene rings is 2. The van der Waals surface area contributed by atoms with Crippen molar-refractivity contribution in [2.24, 2.45) is 5.10 Å². The number of aryl methyl sites for hydroxylation is 1.